The second-order valence-electron chi connectivity index (χ2n) is 3.12. The lowest BCUT2D eigenvalue weighted by Gasteiger charge is -2.11. The Morgan fingerprint density at radius 2 is 2.57 bits per heavy atom. The zero-order chi connectivity index (χ0) is 9.80. The van der Waals surface area contributed by atoms with Crippen LogP contribution in [-0.4, -0.2) is 30.6 Å². The first-order chi connectivity index (χ1) is 6.90. The number of nitrogens with zero attached hydrogens (tertiary/aromatic N) is 1. The maximum Gasteiger partial charge on any atom is 0.224 e. The number of hydrogen-bond donors (Lipinski definition) is 0. The summed E-state index contributed by atoms with van der Waals surface area (Å²) >= 11 is 0. The summed E-state index contributed by atoms with van der Waals surface area (Å²) in [6.45, 7) is 1.29. The van der Waals surface area contributed by atoms with Gasteiger partial charge in [-0.1, -0.05) is 0 Å². The average Bonchev–Trinajstić information content (AvgIpc) is 2.71. The van der Waals surface area contributed by atoms with Gasteiger partial charge in [0.2, 0.25) is 5.88 Å². The minimum Gasteiger partial charge on any atom is -0.471 e. The molecule has 4 nitrogen and oxygen atoms in total. The van der Waals surface area contributed by atoms with Crippen LogP contribution in [-0.2, 0) is 4.74 Å². The Morgan fingerprint density at radius 3 is 3.29 bits per heavy atom. The predicted octanol–water partition coefficient (Wildman–Crippen LogP) is 1.06. The molecule has 0 bridgehead atoms. The summed E-state index contributed by atoms with van der Waals surface area (Å²) in [4.78, 5) is 14.7. The van der Waals surface area contributed by atoms with Crippen molar-refractivity contribution in [3.8, 4) is 5.88 Å². The van der Waals surface area contributed by atoms with Crippen molar-refractivity contribution in [2.45, 2.75) is 12.5 Å². The van der Waals surface area contributed by atoms with Crippen LogP contribution < -0.4 is 4.74 Å². The van der Waals surface area contributed by atoms with E-state index in [0.717, 1.165) is 12.7 Å². The van der Waals surface area contributed by atoms with Crippen molar-refractivity contribution < 1.29 is 14.3 Å². The van der Waals surface area contributed by atoms with E-state index in [2.05, 4.69) is 4.98 Å². The number of aromatic nitrogens is 1. The fraction of sp³-hybridized carbons (Fsp3) is 0.400. The minimum atomic E-state index is 0.0311. The van der Waals surface area contributed by atoms with Gasteiger partial charge >= 0.3 is 0 Å². The SMILES string of the molecule is O=Cc1cccnc1OC1CCOC1. The summed E-state index contributed by atoms with van der Waals surface area (Å²) in [5.74, 6) is 0.401. The molecule has 0 N–H and O–H groups in total. The van der Waals surface area contributed by atoms with Gasteiger partial charge in [0.05, 0.1) is 18.8 Å². The molecule has 0 radical (unpaired) electrons. The quantitative estimate of drug-likeness (QED) is 0.673. The van der Waals surface area contributed by atoms with Gasteiger partial charge in [-0.25, -0.2) is 4.98 Å². The highest BCUT2D eigenvalue weighted by atomic mass is 16.5. The normalized spacial score (nSPS) is 20.7. The topological polar surface area (TPSA) is 48.4 Å². The van der Waals surface area contributed by atoms with Crippen LogP contribution in [0.2, 0.25) is 0 Å². The number of ether oxygens (including phenoxy) is 2. The molecule has 1 aromatic rings. The summed E-state index contributed by atoms with van der Waals surface area (Å²) in [6.07, 6.45) is 3.24. The lowest BCUT2D eigenvalue weighted by atomic mass is 10.3. The third-order valence-corrected chi connectivity index (χ3v) is 2.09. The first kappa shape index (κ1) is 9.15. The molecule has 1 saturated heterocycles. The van der Waals surface area contributed by atoms with Gasteiger partial charge in [-0.05, 0) is 12.1 Å². The van der Waals surface area contributed by atoms with E-state index in [1.807, 2.05) is 0 Å². The van der Waals surface area contributed by atoms with Crippen LogP contribution in [0.4, 0.5) is 0 Å². The highest BCUT2D eigenvalue weighted by Crippen LogP contribution is 2.17. The van der Waals surface area contributed by atoms with E-state index >= 15 is 0 Å². The van der Waals surface area contributed by atoms with Crippen LogP contribution >= 0.6 is 0 Å². The van der Waals surface area contributed by atoms with Gasteiger partial charge in [-0.2, -0.15) is 0 Å². The molecule has 1 unspecified atom stereocenters. The molecule has 1 atom stereocenters. The fourth-order valence-electron chi connectivity index (χ4n) is 1.36. The summed E-state index contributed by atoms with van der Waals surface area (Å²) in [7, 11) is 0. The van der Waals surface area contributed by atoms with E-state index in [4.69, 9.17) is 9.47 Å². The third kappa shape index (κ3) is 1.90. The van der Waals surface area contributed by atoms with E-state index in [-0.39, 0.29) is 6.10 Å². The van der Waals surface area contributed by atoms with Crippen molar-refractivity contribution in [2.24, 2.45) is 0 Å². The van der Waals surface area contributed by atoms with E-state index < -0.39 is 0 Å². The third-order valence-electron chi connectivity index (χ3n) is 2.09. The molecule has 0 spiro atoms. The first-order valence-corrected chi connectivity index (χ1v) is 4.55. The molecule has 0 saturated carbocycles. The maximum absolute atomic E-state index is 10.6. The van der Waals surface area contributed by atoms with Crippen molar-refractivity contribution in [2.75, 3.05) is 13.2 Å². The first-order valence-electron chi connectivity index (χ1n) is 4.55. The molecule has 2 rings (SSSR count). The van der Waals surface area contributed by atoms with Crippen LogP contribution in [0.3, 0.4) is 0 Å². The molecule has 0 aromatic carbocycles. The maximum atomic E-state index is 10.6. The number of rotatable bonds is 3. The number of aldehydes is 1. The Hall–Kier alpha value is -1.42. The van der Waals surface area contributed by atoms with Crippen LogP contribution in [0.25, 0.3) is 0 Å². The van der Waals surface area contributed by atoms with Crippen molar-refractivity contribution in [3.63, 3.8) is 0 Å². The smallest absolute Gasteiger partial charge is 0.224 e. The van der Waals surface area contributed by atoms with Gasteiger partial charge in [0.15, 0.2) is 6.29 Å². The molecular weight excluding hydrogens is 182 g/mol. The Morgan fingerprint density at radius 1 is 1.64 bits per heavy atom. The van der Waals surface area contributed by atoms with Gasteiger partial charge in [0.1, 0.15) is 6.10 Å². The largest absolute Gasteiger partial charge is 0.471 e. The minimum absolute atomic E-state index is 0.0311. The zero-order valence-electron chi connectivity index (χ0n) is 7.68. The Bertz CT molecular complexity index is 321. The van der Waals surface area contributed by atoms with Crippen LogP contribution in [0, 0.1) is 0 Å². The molecule has 1 aliphatic heterocycles. The highest BCUT2D eigenvalue weighted by molar-refractivity contribution is 5.77. The Balaban J connectivity index is 2.10. The monoisotopic (exact) mass is 193 g/mol. The molecule has 14 heavy (non-hydrogen) atoms. The van der Waals surface area contributed by atoms with Crippen molar-refractivity contribution in [1.29, 1.82) is 0 Å². The summed E-state index contributed by atoms with van der Waals surface area (Å²) in [6, 6.07) is 3.40. The molecule has 2 heterocycles. The van der Waals surface area contributed by atoms with Gasteiger partial charge in [0, 0.05) is 12.6 Å². The van der Waals surface area contributed by atoms with E-state index in [1.165, 1.54) is 0 Å². The predicted molar refractivity (Wildman–Crippen MR) is 49.5 cm³/mol. The number of hydrogen-bond acceptors (Lipinski definition) is 4. The van der Waals surface area contributed by atoms with Gasteiger partial charge in [-0.15, -0.1) is 0 Å². The van der Waals surface area contributed by atoms with E-state index in [9.17, 15) is 4.79 Å². The number of pyridine rings is 1. The summed E-state index contributed by atoms with van der Waals surface area (Å²) in [5, 5.41) is 0. The lowest BCUT2D eigenvalue weighted by Crippen LogP contribution is -2.17. The second-order valence-corrected chi connectivity index (χ2v) is 3.12. The molecule has 0 aliphatic carbocycles. The second kappa shape index (κ2) is 4.19. The Labute approximate surface area is 81.9 Å². The van der Waals surface area contributed by atoms with Crippen LogP contribution in [0.1, 0.15) is 16.8 Å². The zero-order valence-corrected chi connectivity index (χ0v) is 7.68. The van der Waals surface area contributed by atoms with Crippen molar-refractivity contribution >= 4 is 6.29 Å². The molecule has 1 aromatic heterocycles. The van der Waals surface area contributed by atoms with Gasteiger partial charge < -0.3 is 9.47 Å². The van der Waals surface area contributed by atoms with Gasteiger partial charge in [-0.3, -0.25) is 4.79 Å². The number of carbonyl (C=O) groups excluding carboxylic acids is 1. The van der Waals surface area contributed by atoms with Crippen molar-refractivity contribution in [1.82, 2.24) is 4.98 Å². The highest BCUT2D eigenvalue weighted by Gasteiger charge is 2.18. The van der Waals surface area contributed by atoms with Crippen LogP contribution in [0.15, 0.2) is 18.3 Å². The van der Waals surface area contributed by atoms with Crippen LogP contribution in [0.5, 0.6) is 5.88 Å². The number of carbonyl (C=O) groups is 1. The Kier molecular flexibility index (Phi) is 2.74. The molecule has 4 heteroatoms. The lowest BCUT2D eigenvalue weighted by molar-refractivity contribution is 0.110. The summed E-state index contributed by atoms with van der Waals surface area (Å²) in [5.41, 5.74) is 0.486. The average molecular weight is 193 g/mol. The molecule has 0 amide bonds. The standard InChI is InChI=1S/C10H11NO3/c12-6-8-2-1-4-11-10(8)14-9-3-5-13-7-9/h1-2,4,6,9H,3,5,7H2. The van der Waals surface area contributed by atoms with E-state index in [1.54, 1.807) is 18.3 Å². The fourth-order valence-corrected chi connectivity index (χ4v) is 1.36. The molecule has 1 fully saturated rings. The molecule has 1 aliphatic rings. The van der Waals surface area contributed by atoms with Gasteiger partial charge in [0.25, 0.3) is 0 Å². The van der Waals surface area contributed by atoms with Crippen molar-refractivity contribution in [3.05, 3.63) is 23.9 Å². The molecular formula is C10H11NO3. The van der Waals surface area contributed by atoms with E-state index in [0.29, 0.717) is 24.7 Å². The summed E-state index contributed by atoms with van der Waals surface area (Å²) < 4.78 is 10.7. The molecule has 74 valence electrons.